The zero-order valence-electron chi connectivity index (χ0n) is 14.4. The summed E-state index contributed by atoms with van der Waals surface area (Å²) < 4.78 is 39.6. The summed E-state index contributed by atoms with van der Waals surface area (Å²) in [5.74, 6) is 0.414. The van der Waals surface area contributed by atoms with Crippen molar-refractivity contribution in [3.8, 4) is 5.75 Å². The molecule has 0 saturated carbocycles. The summed E-state index contributed by atoms with van der Waals surface area (Å²) in [5.41, 5.74) is 2.03. The van der Waals surface area contributed by atoms with E-state index in [0.717, 1.165) is 24.3 Å². The molecular formula is C19H22N2O4S. The molecule has 2 aliphatic heterocycles. The highest BCUT2D eigenvalue weighted by molar-refractivity contribution is 7.89. The number of sulfonamides is 1. The molecule has 138 valence electrons. The molecule has 1 saturated heterocycles. The van der Waals surface area contributed by atoms with Crippen LogP contribution >= 0.6 is 0 Å². The standard InChI is InChI=1S/C19H22N2O4S/c22-26(23)19-7-6-17(21-8-10-24-11-9-21)13-18(19)25-14-16(20-26)12-15-4-2-1-3-5-15/h1-7,13,16,20H,8-12,14H2/t16-/m0/s1. The van der Waals surface area contributed by atoms with Gasteiger partial charge in [0.2, 0.25) is 10.0 Å². The Morgan fingerprint density at radius 2 is 1.85 bits per heavy atom. The van der Waals surface area contributed by atoms with E-state index >= 15 is 0 Å². The van der Waals surface area contributed by atoms with E-state index in [1.807, 2.05) is 42.5 Å². The van der Waals surface area contributed by atoms with Crippen molar-refractivity contribution in [1.82, 2.24) is 4.72 Å². The SMILES string of the molecule is O=S1(=O)N[C@@H](Cc2ccccc2)COc2cc(N3CCOCC3)ccc21. The van der Waals surface area contributed by atoms with Gasteiger partial charge in [-0.25, -0.2) is 13.1 Å². The van der Waals surface area contributed by atoms with Crippen molar-refractivity contribution in [3.05, 3.63) is 54.1 Å². The molecule has 4 rings (SSSR count). The molecule has 2 aromatic rings. The number of anilines is 1. The third-order valence-corrected chi connectivity index (χ3v) is 6.24. The molecule has 0 unspecified atom stereocenters. The lowest BCUT2D eigenvalue weighted by molar-refractivity contribution is 0.122. The smallest absolute Gasteiger partial charge is 0.244 e. The van der Waals surface area contributed by atoms with Crippen LogP contribution in [-0.4, -0.2) is 47.4 Å². The number of nitrogens with one attached hydrogen (secondary N) is 1. The molecule has 2 aromatic carbocycles. The molecule has 0 aromatic heterocycles. The largest absolute Gasteiger partial charge is 0.490 e. The number of ether oxygens (including phenoxy) is 2. The third kappa shape index (κ3) is 3.70. The van der Waals surface area contributed by atoms with E-state index in [9.17, 15) is 8.42 Å². The second-order valence-electron chi connectivity index (χ2n) is 6.55. The molecule has 0 bridgehead atoms. The van der Waals surface area contributed by atoms with Gasteiger partial charge in [-0.3, -0.25) is 0 Å². The maximum Gasteiger partial charge on any atom is 0.244 e. The van der Waals surface area contributed by atoms with Crippen LogP contribution in [0.3, 0.4) is 0 Å². The van der Waals surface area contributed by atoms with Crippen molar-refractivity contribution in [2.75, 3.05) is 37.8 Å². The quantitative estimate of drug-likeness (QED) is 0.887. The summed E-state index contributed by atoms with van der Waals surface area (Å²) in [6.45, 7) is 3.24. The van der Waals surface area contributed by atoms with E-state index < -0.39 is 10.0 Å². The van der Waals surface area contributed by atoms with Gasteiger partial charge in [-0.15, -0.1) is 0 Å². The van der Waals surface area contributed by atoms with Crippen molar-refractivity contribution in [2.45, 2.75) is 17.4 Å². The molecule has 1 N–H and O–H groups in total. The maximum atomic E-state index is 12.8. The summed E-state index contributed by atoms with van der Waals surface area (Å²) in [6.07, 6.45) is 0.588. The van der Waals surface area contributed by atoms with E-state index in [-0.39, 0.29) is 10.9 Å². The summed E-state index contributed by atoms with van der Waals surface area (Å²) in [6, 6.07) is 14.8. The Labute approximate surface area is 153 Å². The van der Waals surface area contributed by atoms with Gasteiger partial charge in [-0.1, -0.05) is 30.3 Å². The van der Waals surface area contributed by atoms with Crippen LogP contribution in [0.25, 0.3) is 0 Å². The highest BCUT2D eigenvalue weighted by atomic mass is 32.2. The maximum absolute atomic E-state index is 12.8. The molecule has 0 aliphatic carbocycles. The van der Waals surface area contributed by atoms with Crippen molar-refractivity contribution in [2.24, 2.45) is 0 Å². The minimum atomic E-state index is -3.61. The predicted octanol–water partition coefficient (Wildman–Crippen LogP) is 1.81. The van der Waals surface area contributed by atoms with Crippen molar-refractivity contribution in [3.63, 3.8) is 0 Å². The topological polar surface area (TPSA) is 67.9 Å². The zero-order chi connectivity index (χ0) is 18.0. The molecule has 1 fully saturated rings. The second-order valence-corrected chi connectivity index (χ2v) is 8.23. The minimum absolute atomic E-state index is 0.199. The molecule has 0 amide bonds. The highest BCUT2D eigenvalue weighted by Crippen LogP contribution is 2.31. The van der Waals surface area contributed by atoms with Gasteiger partial charge in [0.25, 0.3) is 0 Å². The number of hydrogen-bond acceptors (Lipinski definition) is 5. The minimum Gasteiger partial charge on any atom is -0.490 e. The van der Waals surface area contributed by atoms with E-state index in [1.54, 1.807) is 6.07 Å². The van der Waals surface area contributed by atoms with Crippen LogP contribution in [0.5, 0.6) is 5.75 Å². The average molecular weight is 374 g/mol. The summed E-state index contributed by atoms with van der Waals surface area (Å²) in [5, 5.41) is 0. The van der Waals surface area contributed by atoms with E-state index in [0.29, 0.717) is 32.0 Å². The van der Waals surface area contributed by atoms with Crippen LogP contribution in [0, 0.1) is 0 Å². The summed E-state index contributed by atoms with van der Waals surface area (Å²) in [4.78, 5) is 2.38. The monoisotopic (exact) mass is 374 g/mol. The molecule has 0 spiro atoms. The molecule has 0 radical (unpaired) electrons. The van der Waals surface area contributed by atoms with Gasteiger partial charge in [0, 0.05) is 24.8 Å². The molecular weight excluding hydrogens is 352 g/mol. The van der Waals surface area contributed by atoms with Gasteiger partial charge in [0.15, 0.2) is 0 Å². The molecule has 1 atom stereocenters. The number of hydrogen-bond donors (Lipinski definition) is 1. The van der Waals surface area contributed by atoms with Gasteiger partial charge in [0.05, 0.1) is 19.3 Å². The Balaban J connectivity index is 1.57. The van der Waals surface area contributed by atoms with E-state index in [2.05, 4.69) is 9.62 Å². The van der Waals surface area contributed by atoms with Crippen LogP contribution in [0.1, 0.15) is 5.56 Å². The van der Waals surface area contributed by atoms with Crippen LogP contribution in [0.4, 0.5) is 5.69 Å². The van der Waals surface area contributed by atoms with Gasteiger partial charge < -0.3 is 14.4 Å². The number of benzene rings is 2. The van der Waals surface area contributed by atoms with Crippen molar-refractivity contribution in [1.29, 1.82) is 0 Å². The number of rotatable bonds is 3. The number of nitrogens with zero attached hydrogens (tertiary/aromatic N) is 1. The Morgan fingerprint density at radius 3 is 2.62 bits per heavy atom. The van der Waals surface area contributed by atoms with Gasteiger partial charge in [0.1, 0.15) is 17.3 Å². The molecule has 6 nitrogen and oxygen atoms in total. The molecule has 2 heterocycles. The summed E-state index contributed by atoms with van der Waals surface area (Å²) in [7, 11) is -3.61. The Bertz CT molecular complexity index is 864. The zero-order valence-corrected chi connectivity index (χ0v) is 15.2. The number of morpholine rings is 1. The Kier molecular flexibility index (Phi) is 4.84. The first-order valence-corrected chi connectivity index (χ1v) is 10.3. The van der Waals surface area contributed by atoms with Crippen molar-refractivity contribution < 1.29 is 17.9 Å². The van der Waals surface area contributed by atoms with Gasteiger partial charge in [-0.05, 0) is 24.1 Å². The molecule has 7 heteroatoms. The lowest BCUT2D eigenvalue weighted by atomic mass is 10.1. The lowest BCUT2D eigenvalue weighted by Gasteiger charge is -2.29. The fourth-order valence-electron chi connectivity index (χ4n) is 3.36. The first-order valence-electron chi connectivity index (χ1n) is 8.78. The third-order valence-electron chi connectivity index (χ3n) is 4.68. The van der Waals surface area contributed by atoms with Crippen molar-refractivity contribution >= 4 is 15.7 Å². The van der Waals surface area contributed by atoms with Gasteiger partial charge >= 0.3 is 0 Å². The van der Waals surface area contributed by atoms with Crippen LogP contribution < -0.4 is 14.4 Å². The highest BCUT2D eigenvalue weighted by Gasteiger charge is 2.29. The fourth-order valence-corrected chi connectivity index (χ4v) is 4.70. The Hall–Kier alpha value is -2.09. The van der Waals surface area contributed by atoms with Crippen LogP contribution in [-0.2, 0) is 21.2 Å². The van der Waals surface area contributed by atoms with E-state index in [4.69, 9.17) is 9.47 Å². The first kappa shape index (κ1) is 17.3. The average Bonchev–Trinajstić information content (AvgIpc) is 2.79. The molecule has 26 heavy (non-hydrogen) atoms. The lowest BCUT2D eigenvalue weighted by Crippen LogP contribution is -2.38. The van der Waals surface area contributed by atoms with Gasteiger partial charge in [-0.2, -0.15) is 0 Å². The predicted molar refractivity (Wildman–Crippen MR) is 99.2 cm³/mol. The van der Waals surface area contributed by atoms with Crippen LogP contribution in [0.2, 0.25) is 0 Å². The van der Waals surface area contributed by atoms with Crippen LogP contribution in [0.15, 0.2) is 53.4 Å². The Morgan fingerprint density at radius 1 is 1.08 bits per heavy atom. The second kappa shape index (κ2) is 7.26. The number of fused-ring (bicyclic) bond motifs is 1. The first-order chi connectivity index (χ1) is 12.6. The normalized spacial score (nSPS) is 22.2. The summed E-state index contributed by atoms with van der Waals surface area (Å²) >= 11 is 0. The van der Waals surface area contributed by atoms with E-state index in [1.165, 1.54) is 0 Å². The molecule has 2 aliphatic rings. The fraction of sp³-hybridized carbons (Fsp3) is 0.368.